The molecule has 0 amide bonds. The van der Waals surface area contributed by atoms with Crippen LogP contribution in [0.3, 0.4) is 0 Å². The Hall–Kier alpha value is -1.51. The number of nitrogens with zero attached hydrogens (tertiary/aromatic N) is 1. The average molecular weight is 204 g/mol. The normalized spacial score (nSPS) is 12.3. The minimum atomic E-state index is 0.0379. The van der Waals surface area contributed by atoms with Gasteiger partial charge in [0.25, 0.3) is 0 Å². The maximum Gasteiger partial charge on any atom is 0.174 e. The van der Waals surface area contributed by atoms with Crippen molar-refractivity contribution in [3.05, 3.63) is 23.3 Å². The number of hydrogen-bond acceptors (Lipinski definition) is 3. The van der Waals surface area contributed by atoms with E-state index in [-0.39, 0.29) is 5.41 Å². The SMILES string of the molecule is Cc1cc(C(C)(C)C)c2onc(N)c2c1. The van der Waals surface area contributed by atoms with Crippen LogP contribution < -0.4 is 5.73 Å². The fourth-order valence-corrected chi connectivity index (χ4v) is 1.76. The molecular weight excluding hydrogens is 188 g/mol. The number of anilines is 1. The molecule has 0 fully saturated rings. The highest BCUT2D eigenvalue weighted by Crippen LogP contribution is 2.33. The van der Waals surface area contributed by atoms with Crippen molar-refractivity contribution in [2.24, 2.45) is 0 Å². The molecule has 0 unspecified atom stereocenters. The van der Waals surface area contributed by atoms with E-state index in [9.17, 15) is 0 Å². The fourth-order valence-electron chi connectivity index (χ4n) is 1.76. The Labute approximate surface area is 89.2 Å². The van der Waals surface area contributed by atoms with E-state index in [2.05, 4.69) is 38.9 Å². The van der Waals surface area contributed by atoms with Crippen molar-refractivity contribution in [1.29, 1.82) is 0 Å². The summed E-state index contributed by atoms with van der Waals surface area (Å²) >= 11 is 0. The molecule has 0 bridgehead atoms. The molecule has 0 aliphatic rings. The van der Waals surface area contributed by atoms with E-state index < -0.39 is 0 Å². The van der Waals surface area contributed by atoms with Gasteiger partial charge in [-0.15, -0.1) is 0 Å². The molecule has 2 rings (SSSR count). The number of benzene rings is 1. The highest BCUT2D eigenvalue weighted by molar-refractivity contribution is 5.90. The van der Waals surface area contributed by atoms with Crippen LogP contribution in [0.1, 0.15) is 31.9 Å². The van der Waals surface area contributed by atoms with E-state index in [1.54, 1.807) is 0 Å². The summed E-state index contributed by atoms with van der Waals surface area (Å²) in [5, 5.41) is 4.73. The molecule has 2 N–H and O–H groups in total. The Balaban J connectivity index is 2.84. The summed E-state index contributed by atoms with van der Waals surface area (Å²) in [6.45, 7) is 8.51. The number of aryl methyl sites for hydroxylation is 1. The van der Waals surface area contributed by atoms with Crippen LogP contribution in [0.5, 0.6) is 0 Å². The molecule has 1 aromatic heterocycles. The summed E-state index contributed by atoms with van der Waals surface area (Å²) in [5.74, 6) is 0.471. The first kappa shape index (κ1) is 10.0. The summed E-state index contributed by atoms with van der Waals surface area (Å²) in [5.41, 5.74) is 8.94. The average Bonchev–Trinajstić information content (AvgIpc) is 2.45. The number of nitrogens with two attached hydrogens (primary N) is 1. The lowest BCUT2D eigenvalue weighted by Gasteiger charge is -2.19. The minimum absolute atomic E-state index is 0.0379. The van der Waals surface area contributed by atoms with Gasteiger partial charge in [-0.1, -0.05) is 32.0 Å². The quantitative estimate of drug-likeness (QED) is 0.717. The molecule has 0 aliphatic heterocycles. The van der Waals surface area contributed by atoms with Gasteiger partial charge in [0.1, 0.15) is 0 Å². The van der Waals surface area contributed by atoms with E-state index in [1.165, 1.54) is 5.56 Å². The van der Waals surface area contributed by atoms with Crippen molar-refractivity contribution in [2.75, 3.05) is 5.73 Å². The topological polar surface area (TPSA) is 52.0 Å². The number of rotatable bonds is 0. The van der Waals surface area contributed by atoms with Crippen molar-refractivity contribution in [1.82, 2.24) is 5.16 Å². The molecule has 2 aromatic rings. The molecule has 0 spiro atoms. The molecule has 0 saturated carbocycles. The second-order valence-corrected chi connectivity index (χ2v) is 5.01. The largest absolute Gasteiger partial charge is 0.380 e. The molecule has 80 valence electrons. The third kappa shape index (κ3) is 1.58. The first-order chi connectivity index (χ1) is 6.89. The Morgan fingerprint density at radius 1 is 1.27 bits per heavy atom. The molecule has 3 nitrogen and oxygen atoms in total. The molecular formula is C12H16N2O. The molecule has 0 aliphatic carbocycles. The van der Waals surface area contributed by atoms with E-state index >= 15 is 0 Å². The van der Waals surface area contributed by atoms with Crippen molar-refractivity contribution < 1.29 is 4.52 Å². The lowest BCUT2D eigenvalue weighted by molar-refractivity contribution is 0.450. The van der Waals surface area contributed by atoms with E-state index in [0.717, 1.165) is 16.5 Å². The lowest BCUT2D eigenvalue weighted by Crippen LogP contribution is -2.11. The third-order valence-electron chi connectivity index (χ3n) is 2.55. The molecule has 0 saturated heterocycles. The molecule has 1 heterocycles. The van der Waals surface area contributed by atoms with Crippen LogP contribution in [0.25, 0.3) is 11.0 Å². The summed E-state index contributed by atoms with van der Waals surface area (Å²) in [7, 11) is 0. The van der Waals surface area contributed by atoms with Gasteiger partial charge in [-0.2, -0.15) is 0 Å². The monoisotopic (exact) mass is 204 g/mol. The number of hydrogen-bond donors (Lipinski definition) is 1. The zero-order valence-corrected chi connectivity index (χ0v) is 9.59. The van der Waals surface area contributed by atoms with Crippen LogP contribution in [0.4, 0.5) is 5.82 Å². The zero-order chi connectivity index (χ0) is 11.2. The summed E-state index contributed by atoms with van der Waals surface area (Å²) < 4.78 is 5.29. The van der Waals surface area contributed by atoms with Gasteiger partial charge in [0.15, 0.2) is 11.4 Å². The first-order valence-corrected chi connectivity index (χ1v) is 5.05. The third-order valence-corrected chi connectivity index (χ3v) is 2.55. The van der Waals surface area contributed by atoms with Crippen molar-refractivity contribution in [3.8, 4) is 0 Å². The molecule has 0 atom stereocenters. The number of nitrogen functional groups attached to an aromatic ring is 1. The van der Waals surface area contributed by atoms with Crippen LogP contribution in [0.2, 0.25) is 0 Å². The van der Waals surface area contributed by atoms with Crippen molar-refractivity contribution >= 4 is 16.8 Å². The van der Waals surface area contributed by atoms with Gasteiger partial charge in [0.05, 0.1) is 5.39 Å². The molecule has 0 radical (unpaired) electrons. The van der Waals surface area contributed by atoms with Crippen LogP contribution in [-0.4, -0.2) is 5.16 Å². The van der Waals surface area contributed by atoms with Gasteiger partial charge in [0.2, 0.25) is 0 Å². The molecule has 1 aromatic carbocycles. The predicted molar refractivity (Wildman–Crippen MR) is 61.9 cm³/mol. The molecule has 3 heteroatoms. The first-order valence-electron chi connectivity index (χ1n) is 5.05. The highest BCUT2D eigenvalue weighted by Gasteiger charge is 2.21. The minimum Gasteiger partial charge on any atom is -0.380 e. The Morgan fingerprint density at radius 3 is 2.53 bits per heavy atom. The Bertz CT molecular complexity index is 506. The lowest BCUT2D eigenvalue weighted by atomic mass is 9.85. The number of aromatic nitrogens is 1. The van der Waals surface area contributed by atoms with Crippen LogP contribution in [0.15, 0.2) is 16.7 Å². The summed E-state index contributed by atoms with van der Waals surface area (Å²) in [6, 6.07) is 4.14. The second-order valence-electron chi connectivity index (χ2n) is 5.01. The zero-order valence-electron chi connectivity index (χ0n) is 9.59. The van der Waals surface area contributed by atoms with Crippen LogP contribution in [-0.2, 0) is 5.41 Å². The van der Waals surface area contributed by atoms with Gasteiger partial charge in [-0.05, 0) is 24.0 Å². The smallest absolute Gasteiger partial charge is 0.174 e. The van der Waals surface area contributed by atoms with Crippen molar-refractivity contribution in [2.45, 2.75) is 33.1 Å². The summed E-state index contributed by atoms with van der Waals surface area (Å²) in [4.78, 5) is 0. The molecule has 15 heavy (non-hydrogen) atoms. The predicted octanol–water partition coefficient (Wildman–Crippen LogP) is 3.02. The van der Waals surface area contributed by atoms with E-state index in [1.807, 2.05) is 6.07 Å². The van der Waals surface area contributed by atoms with Crippen LogP contribution in [0, 0.1) is 6.92 Å². The van der Waals surface area contributed by atoms with Gasteiger partial charge in [0, 0.05) is 5.56 Å². The second kappa shape index (κ2) is 2.99. The van der Waals surface area contributed by atoms with Gasteiger partial charge < -0.3 is 10.3 Å². The fraction of sp³-hybridized carbons (Fsp3) is 0.417. The van der Waals surface area contributed by atoms with Crippen molar-refractivity contribution in [3.63, 3.8) is 0 Å². The maximum atomic E-state index is 5.75. The Kier molecular flexibility index (Phi) is 2.00. The highest BCUT2D eigenvalue weighted by atomic mass is 16.5. The van der Waals surface area contributed by atoms with E-state index in [4.69, 9.17) is 10.3 Å². The maximum absolute atomic E-state index is 5.75. The van der Waals surface area contributed by atoms with E-state index in [0.29, 0.717) is 5.82 Å². The van der Waals surface area contributed by atoms with Crippen LogP contribution >= 0.6 is 0 Å². The van der Waals surface area contributed by atoms with Gasteiger partial charge in [-0.3, -0.25) is 0 Å². The Morgan fingerprint density at radius 2 is 1.93 bits per heavy atom. The van der Waals surface area contributed by atoms with Gasteiger partial charge in [-0.25, -0.2) is 0 Å². The summed E-state index contributed by atoms with van der Waals surface area (Å²) in [6.07, 6.45) is 0. The van der Waals surface area contributed by atoms with Gasteiger partial charge >= 0.3 is 0 Å². The standard InChI is InChI=1S/C12H16N2O/c1-7-5-8-10(15-14-11(8)13)9(6-7)12(2,3)4/h5-6H,1-4H3,(H2,13,14). The number of fused-ring (bicyclic) bond motifs is 1.